The fraction of sp³-hybridized carbons (Fsp3) is 0.125. The Morgan fingerprint density at radius 3 is 2.55 bits per heavy atom. The molecule has 1 heterocycles. The van der Waals surface area contributed by atoms with E-state index in [-0.39, 0.29) is 11.8 Å². The molecule has 3 N–H and O–H groups in total. The molecule has 0 aromatic heterocycles. The normalized spacial score (nSPS) is 17.4. The summed E-state index contributed by atoms with van der Waals surface area (Å²) in [5, 5.41) is 16.0. The van der Waals surface area contributed by atoms with Crippen LogP contribution in [-0.2, 0) is 4.79 Å². The molecule has 112 valence electrons. The van der Waals surface area contributed by atoms with E-state index in [9.17, 15) is 9.90 Å². The number of aromatic hydroxyl groups is 1. The molecule has 1 aliphatic heterocycles. The van der Waals surface area contributed by atoms with Crippen molar-refractivity contribution in [3.8, 4) is 5.75 Å². The van der Waals surface area contributed by atoms with E-state index in [1.165, 1.54) is 0 Å². The zero-order valence-corrected chi connectivity index (χ0v) is 12.4. The molecule has 0 saturated heterocycles. The van der Waals surface area contributed by atoms with Crippen LogP contribution in [0.3, 0.4) is 0 Å². The lowest BCUT2D eigenvalue weighted by molar-refractivity contribution is -0.112. The second-order valence-electron chi connectivity index (χ2n) is 5.02. The van der Waals surface area contributed by atoms with E-state index in [0.29, 0.717) is 22.8 Å². The minimum atomic E-state index is -0.543. The molecule has 3 rings (SSSR count). The molecule has 6 heteroatoms. The molecule has 0 saturated carbocycles. The number of hydrazone groups is 1. The molecule has 0 aliphatic carbocycles. The quantitative estimate of drug-likeness (QED) is 0.914. The van der Waals surface area contributed by atoms with Crippen molar-refractivity contribution in [3.63, 3.8) is 0 Å². The third-order valence-electron chi connectivity index (χ3n) is 3.57. The summed E-state index contributed by atoms with van der Waals surface area (Å²) in [6.07, 6.45) is 0.394. The number of primary amides is 1. The molecule has 1 aliphatic rings. The molecule has 2 aromatic carbocycles. The van der Waals surface area contributed by atoms with E-state index in [2.05, 4.69) is 5.10 Å². The fourth-order valence-electron chi connectivity index (χ4n) is 2.47. The first-order valence-corrected chi connectivity index (χ1v) is 7.14. The third kappa shape index (κ3) is 2.63. The Morgan fingerprint density at radius 2 is 1.91 bits per heavy atom. The van der Waals surface area contributed by atoms with Gasteiger partial charge in [-0.1, -0.05) is 35.9 Å². The zero-order valence-electron chi connectivity index (χ0n) is 11.6. The third-order valence-corrected chi connectivity index (χ3v) is 3.89. The average Bonchev–Trinajstić information content (AvgIpc) is 2.94. The predicted octanol–water partition coefficient (Wildman–Crippen LogP) is 2.84. The lowest BCUT2D eigenvalue weighted by Gasteiger charge is -2.24. The van der Waals surface area contributed by atoms with Crippen LogP contribution in [0, 0.1) is 0 Å². The Bertz CT molecular complexity index is 743. The molecule has 22 heavy (non-hydrogen) atoms. The molecule has 1 unspecified atom stereocenters. The van der Waals surface area contributed by atoms with Gasteiger partial charge in [0.1, 0.15) is 11.5 Å². The largest absolute Gasteiger partial charge is 0.508 e. The highest BCUT2D eigenvalue weighted by Gasteiger charge is 2.32. The molecule has 1 atom stereocenters. The van der Waals surface area contributed by atoms with Crippen molar-refractivity contribution in [3.05, 3.63) is 59.1 Å². The van der Waals surface area contributed by atoms with Gasteiger partial charge >= 0.3 is 0 Å². The number of carbonyl (C=O) groups excluding carboxylic acids is 1. The topological polar surface area (TPSA) is 78.9 Å². The van der Waals surface area contributed by atoms with Crippen LogP contribution >= 0.6 is 11.6 Å². The molecular formula is C16H14ClN3O2. The first-order valence-electron chi connectivity index (χ1n) is 6.76. The van der Waals surface area contributed by atoms with Crippen molar-refractivity contribution in [1.82, 2.24) is 0 Å². The number of benzene rings is 2. The first kappa shape index (κ1) is 14.4. The van der Waals surface area contributed by atoms with Crippen molar-refractivity contribution in [1.29, 1.82) is 0 Å². The monoisotopic (exact) mass is 315 g/mol. The summed E-state index contributed by atoms with van der Waals surface area (Å²) in [7, 11) is 0. The van der Waals surface area contributed by atoms with Crippen molar-refractivity contribution in [2.24, 2.45) is 10.8 Å². The van der Waals surface area contributed by atoms with Gasteiger partial charge in [0.2, 0.25) is 0 Å². The van der Waals surface area contributed by atoms with Gasteiger partial charge in [-0.05, 0) is 29.8 Å². The number of carbonyl (C=O) groups is 1. The Balaban J connectivity index is 2.04. The van der Waals surface area contributed by atoms with Crippen LogP contribution in [0.4, 0.5) is 5.69 Å². The van der Waals surface area contributed by atoms with Crippen LogP contribution in [0.25, 0.3) is 0 Å². The summed E-state index contributed by atoms with van der Waals surface area (Å²) in [4.78, 5) is 11.5. The Morgan fingerprint density at radius 1 is 1.23 bits per heavy atom. The van der Waals surface area contributed by atoms with Gasteiger partial charge in [0.15, 0.2) is 0 Å². The smallest absolute Gasteiger partial charge is 0.265 e. The summed E-state index contributed by atoms with van der Waals surface area (Å²) in [5.41, 5.74) is 7.30. The highest BCUT2D eigenvalue weighted by atomic mass is 35.5. The summed E-state index contributed by atoms with van der Waals surface area (Å²) in [5.74, 6) is -0.361. The second-order valence-corrected chi connectivity index (χ2v) is 5.43. The number of phenolic OH excluding ortho intramolecular Hbond substituents is 1. The van der Waals surface area contributed by atoms with Gasteiger partial charge in [-0.3, -0.25) is 9.80 Å². The second kappa shape index (κ2) is 5.69. The van der Waals surface area contributed by atoms with Gasteiger partial charge in [-0.15, -0.1) is 0 Å². The van der Waals surface area contributed by atoms with Crippen molar-refractivity contribution in [2.45, 2.75) is 12.5 Å². The molecule has 0 bridgehead atoms. The number of nitrogens with zero attached hydrogens (tertiary/aromatic N) is 2. The fourth-order valence-corrected chi connectivity index (χ4v) is 2.70. The van der Waals surface area contributed by atoms with Crippen LogP contribution in [-0.4, -0.2) is 16.7 Å². The van der Waals surface area contributed by atoms with E-state index in [4.69, 9.17) is 17.3 Å². The van der Waals surface area contributed by atoms with E-state index in [1.807, 2.05) is 18.2 Å². The van der Waals surface area contributed by atoms with Gasteiger partial charge in [0, 0.05) is 6.42 Å². The maximum Gasteiger partial charge on any atom is 0.265 e. The van der Waals surface area contributed by atoms with Gasteiger partial charge in [0.25, 0.3) is 5.91 Å². The number of phenols is 1. The van der Waals surface area contributed by atoms with Gasteiger partial charge in [-0.2, -0.15) is 5.10 Å². The Kier molecular flexibility index (Phi) is 3.73. The van der Waals surface area contributed by atoms with E-state index in [0.717, 1.165) is 5.56 Å². The average molecular weight is 316 g/mol. The van der Waals surface area contributed by atoms with Gasteiger partial charge < -0.3 is 10.8 Å². The van der Waals surface area contributed by atoms with Crippen molar-refractivity contribution >= 4 is 28.9 Å². The predicted molar refractivity (Wildman–Crippen MR) is 86.0 cm³/mol. The van der Waals surface area contributed by atoms with Crippen LogP contribution in [0.2, 0.25) is 5.02 Å². The number of hydrogen-bond donors (Lipinski definition) is 2. The SMILES string of the molecule is NC(=O)C1=NN(c2ccccc2Cl)C(c2ccc(O)cc2)C1. The molecule has 5 nitrogen and oxygen atoms in total. The maximum absolute atomic E-state index is 11.5. The number of hydrogen-bond acceptors (Lipinski definition) is 4. The zero-order chi connectivity index (χ0) is 15.7. The van der Waals surface area contributed by atoms with Crippen LogP contribution in [0.5, 0.6) is 5.75 Å². The maximum atomic E-state index is 11.5. The van der Waals surface area contributed by atoms with Crippen molar-refractivity contribution in [2.75, 3.05) is 5.01 Å². The lowest BCUT2D eigenvalue weighted by Crippen LogP contribution is -2.22. The van der Waals surface area contributed by atoms with Gasteiger partial charge in [-0.25, -0.2) is 0 Å². The molecule has 1 amide bonds. The van der Waals surface area contributed by atoms with Crippen molar-refractivity contribution < 1.29 is 9.90 Å². The lowest BCUT2D eigenvalue weighted by atomic mass is 10.0. The Labute approximate surface area is 132 Å². The standard InChI is InChI=1S/C16H14ClN3O2/c17-12-3-1-2-4-14(12)20-15(9-13(19-20)16(18)22)10-5-7-11(21)8-6-10/h1-8,15,21H,9H2,(H2,18,22). The van der Waals surface area contributed by atoms with E-state index < -0.39 is 5.91 Å². The highest BCUT2D eigenvalue weighted by Crippen LogP contribution is 2.38. The van der Waals surface area contributed by atoms with E-state index in [1.54, 1.807) is 35.3 Å². The number of rotatable bonds is 3. The summed E-state index contributed by atoms with van der Waals surface area (Å²) in [6.45, 7) is 0. The number of nitrogens with two attached hydrogens (primary N) is 1. The highest BCUT2D eigenvalue weighted by molar-refractivity contribution is 6.39. The summed E-state index contributed by atoms with van der Waals surface area (Å²) >= 11 is 6.24. The van der Waals surface area contributed by atoms with Crippen LogP contribution in [0.1, 0.15) is 18.0 Å². The minimum absolute atomic E-state index is 0.182. The summed E-state index contributed by atoms with van der Waals surface area (Å²) in [6, 6.07) is 13.9. The molecule has 0 fully saturated rings. The number of anilines is 1. The number of para-hydroxylation sites is 1. The first-order chi connectivity index (χ1) is 10.6. The van der Waals surface area contributed by atoms with Gasteiger partial charge in [0.05, 0.1) is 16.8 Å². The molecule has 0 spiro atoms. The van der Waals surface area contributed by atoms with E-state index >= 15 is 0 Å². The summed E-state index contributed by atoms with van der Waals surface area (Å²) < 4.78 is 0. The molecular weight excluding hydrogens is 302 g/mol. The number of halogens is 1. The van der Waals surface area contributed by atoms with Crippen LogP contribution < -0.4 is 10.7 Å². The molecule has 0 radical (unpaired) electrons. The Hall–Kier alpha value is -2.53. The minimum Gasteiger partial charge on any atom is -0.508 e. The van der Waals surface area contributed by atoms with Crippen LogP contribution in [0.15, 0.2) is 53.6 Å². The number of amides is 1. The molecule has 2 aromatic rings.